The summed E-state index contributed by atoms with van der Waals surface area (Å²) >= 11 is 0. The summed E-state index contributed by atoms with van der Waals surface area (Å²) in [6.07, 6.45) is -3.70. The van der Waals surface area contributed by atoms with E-state index in [1.165, 1.54) is 13.2 Å². The molecule has 1 amide bonds. The molecule has 3 rings (SSSR count). The van der Waals surface area contributed by atoms with Gasteiger partial charge >= 0.3 is 18.1 Å². The molecule has 2 aliphatic heterocycles. The standard InChI is InChI=1S/C23H29F3N2O5/c1-22(2,3)33-20(30)13-7-9-28(10-8-13)17-11-14(23(24,25)26)5-6-15(17)16-12-27-19(29)18(16)21(31)32-4/h5-6,11,13,16,18H,7-10,12H2,1-4H3,(H,27,29)/t16-,18-/m1/s1. The van der Waals surface area contributed by atoms with E-state index in [0.29, 0.717) is 37.2 Å². The molecule has 33 heavy (non-hydrogen) atoms. The summed E-state index contributed by atoms with van der Waals surface area (Å²) in [5, 5.41) is 2.61. The van der Waals surface area contributed by atoms with Gasteiger partial charge in [-0.05, 0) is 51.3 Å². The molecule has 2 saturated heterocycles. The summed E-state index contributed by atoms with van der Waals surface area (Å²) in [7, 11) is 1.17. The second-order valence-electron chi connectivity index (χ2n) is 9.42. The molecule has 7 nitrogen and oxygen atoms in total. The quantitative estimate of drug-likeness (QED) is 0.537. The van der Waals surface area contributed by atoms with Crippen LogP contribution < -0.4 is 10.2 Å². The number of esters is 2. The summed E-state index contributed by atoms with van der Waals surface area (Å²) < 4.78 is 50.6. The maximum Gasteiger partial charge on any atom is 0.416 e. The molecule has 1 aromatic carbocycles. The van der Waals surface area contributed by atoms with Gasteiger partial charge in [0.05, 0.1) is 18.6 Å². The number of anilines is 1. The van der Waals surface area contributed by atoms with Crippen LogP contribution in [0.5, 0.6) is 0 Å². The van der Waals surface area contributed by atoms with Crippen LogP contribution in [-0.2, 0) is 30.0 Å². The molecule has 1 aromatic rings. The lowest BCUT2D eigenvalue weighted by Gasteiger charge is -2.36. The predicted octanol–water partition coefficient (Wildman–Crippen LogP) is 3.27. The van der Waals surface area contributed by atoms with Crippen molar-refractivity contribution < 1.29 is 37.0 Å². The number of hydrogen-bond acceptors (Lipinski definition) is 6. The highest BCUT2D eigenvalue weighted by Gasteiger charge is 2.44. The highest BCUT2D eigenvalue weighted by Crippen LogP contribution is 2.41. The minimum absolute atomic E-state index is 0.116. The van der Waals surface area contributed by atoms with Crippen molar-refractivity contribution in [1.82, 2.24) is 5.32 Å². The van der Waals surface area contributed by atoms with E-state index in [4.69, 9.17) is 9.47 Å². The predicted molar refractivity (Wildman–Crippen MR) is 113 cm³/mol. The maximum absolute atomic E-state index is 13.5. The third-order valence-corrected chi connectivity index (χ3v) is 5.97. The Hall–Kier alpha value is -2.78. The van der Waals surface area contributed by atoms with Crippen molar-refractivity contribution in [1.29, 1.82) is 0 Å². The number of nitrogens with zero attached hydrogens (tertiary/aromatic N) is 1. The Balaban J connectivity index is 1.90. The molecule has 0 saturated carbocycles. The summed E-state index contributed by atoms with van der Waals surface area (Å²) in [5.74, 6) is -3.70. The fraction of sp³-hybridized carbons (Fsp3) is 0.609. The van der Waals surface area contributed by atoms with Crippen LogP contribution in [0.25, 0.3) is 0 Å². The number of ether oxygens (including phenoxy) is 2. The number of carbonyl (C=O) groups is 3. The Labute approximate surface area is 190 Å². The third kappa shape index (κ3) is 5.59. The van der Waals surface area contributed by atoms with Gasteiger partial charge in [0.2, 0.25) is 5.91 Å². The number of hydrogen-bond donors (Lipinski definition) is 1. The number of methoxy groups -OCH3 is 1. The number of amides is 1. The summed E-state index contributed by atoms with van der Waals surface area (Å²) in [6.45, 7) is 6.15. The van der Waals surface area contributed by atoms with Crippen LogP contribution in [0.1, 0.15) is 50.7 Å². The highest BCUT2D eigenvalue weighted by atomic mass is 19.4. The Morgan fingerprint density at radius 3 is 2.27 bits per heavy atom. The number of alkyl halides is 3. The first-order chi connectivity index (χ1) is 15.3. The Morgan fingerprint density at radius 2 is 1.73 bits per heavy atom. The van der Waals surface area contributed by atoms with Gasteiger partial charge in [-0.25, -0.2) is 0 Å². The second-order valence-corrected chi connectivity index (χ2v) is 9.42. The zero-order valence-electron chi connectivity index (χ0n) is 19.1. The van der Waals surface area contributed by atoms with Crippen LogP contribution in [-0.4, -0.2) is 50.2 Å². The SMILES string of the molecule is COC(=O)[C@H]1C(=O)NC[C@@H]1c1ccc(C(F)(F)F)cc1N1CCC(C(=O)OC(C)(C)C)CC1. The zero-order chi connectivity index (χ0) is 24.6. The summed E-state index contributed by atoms with van der Waals surface area (Å²) in [4.78, 5) is 38.7. The molecular weight excluding hydrogens is 441 g/mol. The van der Waals surface area contributed by atoms with Crippen LogP contribution in [0.3, 0.4) is 0 Å². The molecule has 2 atom stereocenters. The van der Waals surface area contributed by atoms with Crippen molar-refractivity contribution in [3.63, 3.8) is 0 Å². The average molecular weight is 470 g/mol. The molecule has 2 fully saturated rings. The molecule has 0 radical (unpaired) electrons. The van der Waals surface area contributed by atoms with Crippen molar-refractivity contribution in [3.8, 4) is 0 Å². The number of piperidine rings is 1. The number of carbonyl (C=O) groups excluding carboxylic acids is 3. The fourth-order valence-electron chi connectivity index (χ4n) is 4.36. The molecule has 182 valence electrons. The van der Waals surface area contributed by atoms with Gasteiger partial charge in [0.15, 0.2) is 0 Å². The minimum Gasteiger partial charge on any atom is -0.468 e. The van der Waals surface area contributed by atoms with E-state index in [1.54, 1.807) is 25.7 Å². The lowest BCUT2D eigenvalue weighted by atomic mass is 9.85. The van der Waals surface area contributed by atoms with Gasteiger partial charge in [-0.3, -0.25) is 14.4 Å². The molecule has 0 unspecified atom stereocenters. The van der Waals surface area contributed by atoms with Crippen molar-refractivity contribution >= 4 is 23.5 Å². The van der Waals surface area contributed by atoms with Gasteiger partial charge in [0.25, 0.3) is 0 Å². The van der Waals surface area contributed by atoms with E-state index < -0.39 is 41.1 Å². The second kappa shape index (κ2) is 9.23. The van der Waals surface area contributed by atoms with Gasteiger partial charge in [-0.15, -0.1) is 0 Å². The lowest BCUT2D eigenvalue weighted by Crippen LogP contribution is -2.39. The van der Waals surface area contributed by atoms with Crippen LogP contribution >= 0.6 is 0 Å². The van der Waals surface area contributed by atoms with Crippen molar-refractivity contribution in [2.75, 3.05) is 31.6 Å². The average Bonchev–Trinajstić information content (AvgIpc) is 3.12. The molecule has 0 spiro atoms. The molecule has 1 N–H and O–H groups in total. The monoisotopic (exact) mass is 470 g/mol. The van der Waals surface area contributed by atoms with Crippen LogP contribution in [0.2, 0.25) is 0 Å². The van der Waals surface area contributed by atoms with Crippen molar-refractivity contribution in [2.24, 2.45) is 11.8 Å². The van der Waals surface area contributed by atoms with E-state index in [2.05, 4.69) is 5.32 Å². The van der Waals surface area contributed by atoms with Gasteiger partial charge in [0.1, 0.15) is 11.5 Å². The largest absolute Gasteiger partial charge is 0.468 e. The molecule has 0 bridgehead atoms. The van der Waals surface area contributed by atoms with Crippen molar-refractivity contribution in [3.05, 3.63) is 29.3 Å². The first kappa shape index (κ1) is 24.9. The van der Waals surface area contributed by atoms with Gasteiger partial charge in [-0.1, -0.05) is 6.07 Å². The molecule has 0 aromatic heterocycles. The molecule has 10 heteroatoms. The fourth-order valence-corrected chi connectivity index (χ4v) is 4.36. The molecular formula is C23H29F3N2O5. The lowest BCUT2D eigenvalue weighted by molar-refractivity contribution is -0.160. The highest BCUT2D eigenvalue weighted by molar-refractivity contribution is 6.01. The maximum atomic E-state index is 13.5. The summed E-state index contributed by atoms with van der Waals surface area (Å²) in [5.41, 5.74) is -0.661. The number of halogens is 3. The zero-order valence-corrected chi connectivity index (χ0v) is 19.1. The van der Waals surface area contributed by atoms with E-state index in [9.17, 15) is 27.6 Å². The first-order valence-electron chi connectivity index (χ1n) is 10.9. The third-order valence-electron chi connectivity index (χ3n) is 5.97. The van der Waals surface area contributed by atoms with E-state index in [-0.39, 0.29) is 18.4 Å². The molecule has 0 aliphatic carbocycles. The van der Waals surface area contributed by atoms with E-state index >= 15 is 0 Å². The number of benzene rings is 1. The molecule has 2 heterocycles. The van der Waals surface area contributed by atoms with Gasteiger partial charge in [0, 0.05) is 31.2 Å². The topological polar surface area (TPSA) is 84.9 Å². The Morgan fingerprint density at radius 1 is 1.09 bits per heavy atom. The smallest absolute Gasteiger partial charge is 0.416 e. The van der Waals surface area contributed by atoms with E-state index in [1.807, 2.05) is 0 Å². The van der Waals surface area contributed by atoms with Crippen LogP contribution in [0, 0.1) is 11.8 Å². The normalized spacial score (nSPS) is 22.2. The van der Waals surface area contributed by atoms with Crippen LogP contribution in [0.4, 0.5) is 18.9 Å². The van der Waals surface area contributed by atoms with E-state index in [0.717, 1.165) is 12.1 Å². The number of nitrogens with one attached hydrogen (secondary N) is 1. The van der Waals surface area contributed by atoms with Gasteiger partial charge in [-0.2, -0.15) is 13.2 Å². The number of rotatable bonds is 4. The minimum atomic E-state index is -4.55. The first-order valence-corrected chi connectivity index (χ1v) is 10.9. The molecule has 2 aliphatic rings. The summed E-state index contributed by atoms with van der Waals surface area (Å²) in [6, 6.07) is 3.35. The van der Waals surface area contributed by atoms with Gasteiger partial charge < -0.3 is 19.7 Å². The Bertz CT molecular complexity index is 918. The van der Waals surface area contributed by atoms with Crippen molar-refractivity contribution in [2.45, 2.75) is 51.3 Å². The van der Waals surface area contributed by atoms with Crippen LogP contribution in [0.15, 0.2) is 18.2 Å². The Kier molecular flexibility index (Phi) is 6.95.